The molecule has 25 heavy (non-hydrogen) atoms. The predicted molar refractivity (Wildman–Crippen MR) is 104 cm³/mol. The average Bonchev–Trinajstić information content (AvgIpc) is 2.63. The second-order valence-corrected chi connectivity index (χ2v) is 6.91. The van der Waals surface area contributed by atoms with Crippen molar-refractivity contribution in [3.63, 3.8) is 0 Å². The van der Waals surface area contributed by atoms with Crippen molar-refractivity contribution in [2.45, 2.75) is 90.6 Å². The van der Waals surface area contributed by atoms with Crippen LogP contribution in [-0.4, -0.2) is 19.2 Å². The van der Waals surface area contributed by atoms with E-state index in [0.717, 1.165) is 25.0 Å². The van der Waals surface area contributed by atoms with Crippen LogP contribution in [0.25, 0.3) is 0 Å². The number of methoxy groups -OCH3 is 1. The van der Waals surface area contributed by atoms with Crippen molar-refractivity contribution in [3.05, 3.63) is 29.8 Å². The molecule has 0 bridgehead atoms. The molecule has 0 heterocycles. The van der Waals surface area contributed by atoms with Gasteiger partial charge in [-0.3, -0.25) is 0 Å². The SMILES string of the molecule is CCCCCCCCCCCCC(Oc1ccc(C)cc1)C(=O)OC. The Morgan fingerprint density at radius 3 is 1.92 bits per heavy atom. The van der Waals surface area contributed by atoms with Crippen LogP contribution in [0.4, 0.5) is 0 Å². The molecule has 3 nitrogen and oxygen atoms in total. The Bertz CT molecular complexity index is 453. The van der Waals surface area contributed by atoms with Crippen molar-refractivity contribution in [1.29, 1.82) is 0 Å². The molecule has 0 aliphatic carbocycles. The summed E-state index contributed by atoms with van der Waals surface area (Å²) in [5.41, 5.74) is 1.18. The van der Waals surface area contributed by atoms with E-state index >= 15 is 0 Å². The molecule has 1 atom stereocenters. The summed E-state index contributed by atoms with van der Waals surface area (Å²) in [6, 6.07) is 7.79. The van der Waals surface area contributed by atoms with Crippen molar-refractivity contribution >= 4 is 5.97 Å². The molecular weight excluding hydrogens is 312 g/mol. The van der Waals surface area contributed by atoms with E-state index in [-0.39, 0.29) is 5.97 Å². The molecule has 1 rings (SSSR count). The minimum absolute atomic E-state index is 0.281. The van der Waals surface area contributed by atoms with Crippen molar-refractivity contribution in [2.24, 2.45) is 0 Å². The van der Waals surface area contributed by atoms with Crippen LogP contribution in [0.2, 0.25) is 0 Å². The van der Waals surface area contributed by atoms with Crippen molar-refractivity contribution < 1.29 is 14.3 Å². The molecule has 1 aromatic carbocycles. The van der Waals surface area contributed by atoms with E-state index < -0.39 is 6.10 Å². The van der Waals surface area contributed by atoms with Gasteiger partial charge in [-0.1, -0.05) is 82.4 Å². The Balaban J connectivity index is 2.19. The summed E-state index contributed by atoms with van der Waals surface area (Å²) in [5, 5.41) is 0. The lowest BCUT2D eigenvalue weighted by Gasteiger charge is -2.17. The van der Waals surface area contributed by atoms with E-state index in [0.29, 0.717) is 0 Å². The molecule has 0 N–H and O–H groups in total. The van der Waals surface area contributed by atoms with Gasteiger partial charge in [0, 0.05) is 0 Å². The van der Waals surface area contributed by atoms with E-state index in [2.05, 4.69) is 6.92 Å². The molecule has 0 saturated heterocycles. The number of rotatable bonds is 14. The molecule has 0 spiro atoms. The maximum atomic E-state index is 11.9. The number of aryl methyl sites for hydroxylation is 1. The first-order valence-corrected chi connectivity index (χ1v) is 9.98. The minimum atomic E-state index is -0.498. The van der Waals surface area contributed by atoms with E-state index in [1.807, 2.05) is 31.2 Å². The Hall–Kier alpha value is -1.51. The Morgan fingerprint density at radius 2 is 1.40 bits per heavy atom. The molecule has 0 fully saturated rings. The number of benzene rings is 1. The summed E-state index contributed by atoms with van der Waals surface area (Å²) in [7, 11) is 1.42. The van der Waals surface area contributed by atoms with Crippen LogP contribution >= 0.6 is 0 Å². The molecule has 0 radical (unpaired) electrons. The molecule has 0 aromatic heterocycles. The average molecular weight is 349 g/mol. The van der Waals surface area contributed by atoms with E-state index in [9.17, 15) is 4.79 Å². The van der Waals surface area contributed by atoms with Gasteiger partial charge in [0.2, 0.25) is 0 Å². The van der Waals surface area contributed by atoms with Crippen LogP contribution in [0, 0.1) is 6.92 Å². The lowest BCUT2D eigenvalue weighted by molar-refractivity contribution is -0.149. The van der Waals surface area contributed by atoms with Gasteiger partial charge in [0.25, 0.3) is 0 Å². The first kappa shape index (κ1) is 21.5. The normalized spacial score (nSPS) is 12.0. The van der Waals surface area contributed by atoms with Gasteiger partial charge in [-0.15, -0.1) is 0 Å². The van der Waals surface area contributed by atoms with Crippen molar-refractivity contribution in [1.82, 2.24) is 0 Å². The predicted octanol–water partition coefficient (Wildman–Crippen LogP) is 6.23. The lowest BCUT2D eigenvalue weighted by Crippen LogP contribution is -2.28. The van der Waals surface area contributed by atoms with E-state index in [1.165, 1.54) is 64.0 Å². The fraction of sp³-hybridized carbons (Fsp3) is 0.682. The first-order chi connectivity index (χ1) is 12.2. The number of ether oxygens (including phenoxy) is 2. The van der Waals surface area contributed by atoms with E-state index in [4.69, 9.17) is 9.47 Å². The highest BCUT2D eigenvalue weighted by atomic mass is 16.6. The number of hydrogen-bond donors (Lipinski definition) is 0. The Labute approximate surface area is 154 Å². The van der Waals surface area contributed by atoms with Crippen LogP contribution in [0.15, 0.2) is 24.3 Å². The number of carbonyl (C=O) groups excluding carboxylic acids is 1. The zero-order chi connectivity index (χ0) is 18.3. The minimum Gasteiger partial charge on any atom is -0.479 e. The number of unbranched alkanes of at least 4 members (excludes halogenated alkanes) is 9. The molecule has 1 aromatic rings. The van der Waals surface area contributed by atoms with Gasteiger partial charge in [0.05, 0.1) is 7.11 Å². The number of carbonyl (C=O) groups is 1. The van der Waals surface area contributed by atoms with Gasteiger partial charge >= 0.3 is 5.97 Å². The zero-order valence-corrected chi connectivity index (χ0v) is 16.4. The standard InChI is InChI=1S/C22H36O3/c1-4-5-6-7-8-9-10-11-12-13-14-21(22(23)24-3)25-20-17-15-19(2)16-18-20/h15-18,21H,4-14H2,1-3H3. The monoisotopic (exact) mass is 348 g/mol. The lowest BCUT2D eigenvalue weighted by atomic mass is 10.0. The number of hydrogen-bond acceptors (Lipinski definition) is 3. The zero-order valence-electron chi connectivity index (χ0n) is 16.4. The molecular formula is C22H36O3. The Morgan fingerprint density at radius 1 is 0.880 bits per heavy atom. The smallest absolute Gasteiger partial charge is 0.347 e. The molecule has 142 valence electrons. The fourth-order valence-corrected chi connectivity index (χ4v) is 2.95. The van der Waals surface area contributed by atoms with Crippen molar-refractivity contribution in [3.8, 4) is 5.75 Å². The summed E-state index contributed by atoms with van der Waals surface area (Å²) in [6.07, 6.45) is 13.1. The van der Waals surface area contributed by atoms with Crippen LogP contribution in [0.1, 0.15) is 83.1 Å². The van der Waals surface area contributed by atoms with Crippen molar-refractivity contribution in [2.75, 3.05) is 7.11 Å². The highest BCUT2D eigenvalue weighted by molar-refractivity contribution is 5.74. The molecule has 1 unspecified atom stereocenters. The van der Waals surface area contributed by atoms with Crippen LogP contribution in [0.3, 0.4) is 0 Å². The summed E-state index contributed by atoms with van der Waals surface area (Å²) < 4.78 is 10.7. The van der Waals surface area contributed by atoms with Gasteiger partial charge in [-0.05, 0) is 31.9 Å². The van der Waals surface area contributed by atoms with Crippen LogP contribution in [0.5, 0.6) is 5.75 Å². The highest BCUT2D eigenvalue weighted by Gasteiger charge is 2.20. The molecule has 0 amide bonds. The van der Waals surface area contributed by atoms with E-state index in [1.54, 1.807) is 0 Å². The first-order valence-electron chi connectivity index (χ1n) is 9.98. The Kier molecular flexibility index (Phi) is 11.8. The third kappa shape index (κ3) is 10.2. The summed E-state index contributed by atoms with van der Waals surface area (Å²) >= 11 is 0. The van der Waals surface area contributed by atoms with Gasteiger partial charge in [-0.25, -0.2) is 4.79 Å². The third-order valence-electron chi connectivity index (χ3n) is 4.58. The molecule has 0 aliphatic rings. The van der Waals surface area contributed by atoms with Gasteiger partial charge in [0.1, 0.15) is 5.75 Å². The van der Waals surface area contributed by atoms with Gasteiger partial charge < -0.3 is 9.47 Å². The van der Waals surface area contributed by atoms with Crippen LogP contribution < -0.4 is 4.74 Å². The number of esters is 1. The second kappa shape index (κ2) is 13.7. The summed E-state index contributed by atoms with van der Waals surface area (Å²) in [6.45, 7) is 4.29. The van der Waals surface area contributed by atoms with Gasteiger partial charge in [-0.2, -0.15) is 0 Å². The largest absolute Gasteiger partial charge is 0.479 e. The molecule has 0 saturated carbocycles. The quantitative estimate of drug-likeness (QED) is 0.295. The topological polar surface area (TPSA) is 35.5 Å². The molecule has 3 heteroatoms. The third-order valence-corrected chi connectivity index (χ3v) is 4.58. The summed E-state index contributed by atoms with van der Waals surface area (Å²) in [5.74, 6) is 0.449. The second-order valence-electron chi connectivity index (χ2n) is 6.91. The maximum absolute atomic E-state index is 11.9. The van der Waals surface area contributed by atoms with Gasteiger partial charge in [0.15, 0.2) is 6.10 Å². The fourth-order valence-electron chi connectivity index (χ4n) is 2.95. The highest BCUT2D eigenvalue weighted by Crippen LogP contribution is 2.18. The maximum Gasteiger partial charge on any atom is 0.347 e. The summed E-state index contributed by atoms with van der Waals surface area (Å²) in [4.78, 5) is 11.9. The molecule has 0 aliphatic heterocycles. The van der Waals surface area contributed by atoms with Crippen LogP contribution in [-0.2, 0) is 9.53 Å².